The Hall–Kier alpha value is -0.680. The molecule has 0 aromatic heterocycles. The SMILES string of the molecule is CSCC(C)Nc1ccccc1S(C)(=O)=O. The van der Waals surface area contributed by atoms with Crippen LogP contribution in [0, 0.1) is 0 Å². The standard InChI is InChI=1S/C11H17NO2S2/c1-9(8-15-2)12-10-6-4-5-7-11(10)16(3,13)14/h4-7,9,12H,8H2,1-3H3. The van der Waals surface area contributed by atoms with E-state index < -0.39 is 9.84 Å². The summed E-state index contributed by atoms with van der Waals surface area (Å²) in [5.74, 6) is 0.943. The predicted octanol–water partition coefficient (Wildman–Crippen LogP) is 2.25. The van der Waals surface area contributed by atoms with E-state index in [-0.39, 0.29) is 6.04 Å². The number of sulfone groups is 1. The first-order valence-electron chi connectivity index (χ1n) is 4.99. The van der Waals surface area contributed by atoms with E-state index in [2.05, 4.69) is 5.32 Å². The van der Waals surface area contributed by atoms with Gasteiger partial charge in [-0.25, -0.2) is 8.42 Å². The van der Waals surface area contributed by atoms with E-state index in [1.807, 2.05) is 19.2 Å². The summed E-state index contributed by atoms with van der Waals surface area (Å²) in [6, 6.07) is 7.25. The molecule has 3 nitrogen and oxygen atoms in total. The molecule has 0 heterocycles. The van der Waals surface area contributed by atoms with Crippen molar-refractivity contribution in [1.82, 2.24) is 0 Å². The van der Waals surface area contributed by atoms with Crippen LogP contribution in [0.4, 0.5) is 5.69 Å². The van der Waals surface area contributed by atoms with Gasteiger partial charge in [0.25, 0.3) is 0 Å². The highest BCUT2D eigenvalue weighted by Crippen LogP contribution is 2.21. The highest BCUT2D eigenvalue weighted by Gasteiger charge is 2.13. The summed E-state index contributed by atoms with van der Waals surface area (Å²) in [5, 5.41) is 3.22. The molecule has 90 valence electrons. The second-order valence-corrected chi connectivity index (χ2v) is 6.66. The number of hydrogen-bond donors (Lipinski definition) is 1. The maximum absolute atomic E-state index is 11.5. The molecule has 16 heavy (non-hydrogen) atoms. The fraction of sp³-hybridized carbons (Fsp3) is 0.455. The molecule has 5 heteroatoms. The second-order valence-electron chi connectivity index (χ2n) is 3.77. The van der Waals surface area contributed by atoms with Gasteiger partial charge in [0.05, 0.1) is 10.6 Å². The molecule has 1 aromatic rings. The van der Waals surface area contributed by atoms with Crippen LogP contribution in [-0.2, 0) is 9.84 Å². The van der Waals surface area contributed by atoms with E-state index in [1.165, 1.54) is 6.26 Å². The number of nitrogens with one attached hydrogen (secondary N) is 1. The minimum atomic E-state index is -3.16. The zero-order chi connectivity index (χ0) is 12.2. The normalized spacial score (nSPS) is 13.4. The average Bonchev–Trinajstić information content (AvgIpc) is 2.17. The molecule has 1 unspecified atom stereocenters. The fourth-order valence-electron chi connectivity index (χ4n) is 1.47. The Balaban J connectivity index is 2.96. The summed E-state index contributed by atoms with van der Waals surface area (Å²) in [6.07, 6.45) is 3.26. The third kappa shape index (κ3) is 3.72. The predicted molar refractivity (Wildman–Crippen MR) is 71.0 cm³/mol. The zero-order valence-electron chi connectivity index (χ0n) is 9.73. The molecule has 0 aliphatic carbocycles. The zero-order valence-corrected chi connectivity index (χ0v) is 11.4. The van der Waals surface area contributed by atoms with Gasteiger partial charge in [-0.3, -0.25) is 0 Å². The number of hydrogen-bond acceptors (Lipinski definition) is 4. The van der Waals surface area contributed by atoms with Gasteiger partial charge in [-0.1, -0.05) is 12.1 Å². The van der Waals surface area contributed by atoms with Gasteiger partial charge in [0, 0.05) is 18.1 Å². The maximum Gasteiger partial charge on any atom is 0.177 e. The fourth-order valence-corrected chi connectivity index (χ4v) is 2.90. The topological polar surface area (TPSA) is 46.2 Å². The second kappa shape index (κ2) is 5.59. The van der Waals surface area contributed by atoms with Crippen molar-refractivity contribution in [2.24, 2.45) is 0 Å². The van der Waals surface area contributed by atoms with Gasteiger partial charge < -0.3 is 5.32 Å². The third-order valence-corrected chi connectivity index (χ3v) is 4.09. The molecule has 0 bridgehead atoms. The van der Waals surface area contributed by atoms with Crippen LogP contribution in [0.3, 0.4) is 0 Å². The van der Waals surface area contributed by atoms with Gasteiger partial charge in [0.1, 0.15) is 0 Å². The first-order chi connectivity index (χ1) is 7.45. The van der Waals surface area contributed by atoms with Crippen molar-refractivity contribution in [2.75, 3.05) is 23.6 Å². The summed E-state index contributed by atoms with van der Waals surface area (Å²) in [7, 11) is -3.16. The van der Waals surface area contributed by atoms with Gasteiger partial charge >= 0.3 is 0 Å². The van der Waals surface area contributed by atoms with Crippen LogP contribution in [0.2, 0.25) is 0 Å². The lowest BCUT2D eigenvalue weighted by Gasteiger charge is -2.16. The van der Waals surface area contributed by atoms with Gasteiger partial charge in [-0.05, 0) is 25.3 Å². The lowest BCUT2D eigenvalue weighted by atomic mass is 10.3. The quantitative estimate of drug-likeness (QED) is 0.881. The number of anilines is 1. The van der Waals surface area contributed by atoms with Crippen LogP contribution in [0.5, 0.6) is 0 Å². The smallest absolute Gasteiger partial charge is 0.177 e. The summed E-state index contributed by atoms with van der Waals surface area (Å²) < 4.78 is 23.1. The minimum Gasteiger partial charge on any atom is -0.381 e. The van der Waals surface area contributed by atoms with Crippen molar-refractivity contribution >= 4 is 27.3 Å². The van der Waals surface area contributed by atoms with Crippen LogP contribution < -0.4 is 5.32 Å². The first-order valence-corrected chi connectivity index (χ1v) is 8.28. The Bertz CT molecular complexity index is 443. The van der Waals surface area contributed by atoms with E-state index >= 15 is 0 Å². The van der Waals surface area contributed by atoms with E-state index in [1.54, 1.807) is 30.0 Å². The van der Waals surface area contributed by atoms with E-state index in [9.17, 15) is 8.42 Å². The molecule has 1 rings (SSSR count). The Morgan fingerprint density at radius 3 is 2.56 bits per heavy atom. The van der Waals surface area contributed by atoms with E-state index in [0.717, 1.165) is 5.75 Å². The van der Waals surface area contributed by atoms with Gasteiger partial charge in [-0.2, -0.15) is 11.8 Å². The summed E-state index contributed by atoms with van der Waals surface area (Å²) in [5.41, 5.74) is 0.687. The Morgan fingerprint density at radius 1 is 1.38 bits per heavy atom. The van der Waals surface area contributed by atoms with Crippen molar-refractivity contribution in [2.45, 2.75) is 17.9 Å². The number of para-hydroxylation sites is 1. The Morgan fingerprint density at radius 2 is 2.00 bits per heavy atom. The molecule has 1 aromatic carbocycles. The van der Waals surface area contributed by atoms with E-state index in [0.29, 0.717) is 10.6 Å². The largest absolute Gasteiger partial charge is 0.381 e. The molecular formula is C11H17NO2S2. The lowest BCUT2D eigenvalue weighted by molar-refractivity contribution is 0.602. The molecule has 1 N–H and O–H groups in total. The van der Waals surface area contributed by atoms with Crippen LogP contribution in [0.1, 0.15) is 6.92 Å². The molecule has 0 saturated heterocycles. The van der Waals surface area contributed by atoms with Crippen molar-refractivity contribution in [3.05, 3.63) is 24.3 Å². The minimum absolute atomic E-state index is 0.248. The maximum atomic E-state index is 11.5. The van der Waals surface area contributed by atoms with Crippen LogP contribution in [-0.4, -0.2) is 32.7 Å². The van der Waals surface area contributed by atoms with Crippen molar-refractivity contribution < 1.29 is 8.42 Å². The summed E-state index contributed by atoms with van der Waals surface area (Å²) in [4.78, 5) is 0.364. The monoisotopic (exact) mass is 259 g/mol. The average molecular weight is 259 g/mol. The molecule has 1 atom stereocenters. The molecule has 0 spiro atoms. The Labute approximate surface area is 102 Å². The number of benzene rings is 1. The molecule has 0 fully saturated rings. The first kappa shape index (κ1) is 13.4. The molecule has 0 aliphatic heterocycles. The van der Waals surface area contributed by atoms with E-state index in [4.69, 9.17) is 0 Å². The molecule has 0 aliphatic rings. The molecular weight excluding hydrogens is 242 g/mol. The van der Waals surface area contributed by atoms with Crippen molar-refractivity contribution in [3.8, 4) is 0 Å². The van der Waals surface area contributed by atoms with Gasteiger partial charge in [-0.15, -0.1) is 0 Å². The summed E-state index contributed by atoms with van der Waals surface area (Å²) in [6.45, 7) is 2.04. The molecule has 0 radical (unpaired) electrons. The van der Waals surface area contributed by atoms with Gasteiger partial charge in [0.15, 0.2) is 9.84 Å². The summed E-state index contributed by atoms with van der Waals surface area (Å²) >= 11 is 1.73. The molecule has 0 saturated carbocycles. The third-order valence-electron chi connectivity index (χ3n) is 2.11. The number of thioether (sulfide) groups is 1. The highest BCUT2D eigenvalue weighted by molar-refractivity contribution is 7.98. The van der Waals surface area contributed by atoms with Crippen molar-refractivity contribution in [3.63, 3.8) is 0 Å². The Kier molecular flexibility index (Phi) is 4.68. The molecule has 0 amide bonds. The van der Waals surface area contributed by atoms with Gasteiger partial charge in [0.2, 0.25) is 0 Å². The number of rotatable bonds is 5. The highest BCUT2D eigenvalue weighted by atomic mass is 32.2. The lowest BCUT2D eigenvalue weighted by Crippen LogP contribution is -2.19. The van der Waals surface area contributed by atoms with Crippen LogP contribution in [0.25, 0.3) is 0 Å². The van der Waals surface area contributed by atoms with Crippen LogP contribution in [0.15, 0.2) is 29.2 Å². The van der Waals surface area contributed by atoms with Crippen LogP contribution >= 0.6 is 11.8 Å². The van der Waals surface area contributed by atoms with Crippen molar-refractivity contribution in [1.29, 1.82) is 0 Å².